The van der Waals surface area contributed by atoms with Gasteiger partial charge in [0.15, 0.2) is 5.69 Å². The van der Waals surface area contributed by atoms with Crippen molar-refractivity contribution in [2.75, 3.05) is 25.6 Å². The summed E-state index contributed by atoms with van der Waals surface area (Å²) >= 11 is 0. The fourth-order valence-corrected chi connectivity index (χ4v) is 1.31. The van der Waals surface area contributed by atoms with Crippen LogP contribution in [0.3, 0.4) is 0 Å². The predicted octanol–water partition coefficient (Wildman–Crippen LogP) is 0.107. The zero-order valence-electron chi connectivity index (χ0n) is 10.1. The number of carboxylic acid groups (broad SMARTS) is 1. The predicted molar refractivity (Wildman–Crippen MR) is 64.2 cm³/mol. The van der Waals surface area contributed by atoms with Crippen molar-refractivity contribution in [2.24, 2.45) is 0 Å². The van der Waals surface area contributed by atoms with Gasteiger partial charge in [-0.05, 0) is 6.07 Å². The van der Waals surface area contributed by atoms with Gasteiger partial charge in [-0.1, -0.05) is 0 Å². The summed E-state index contributed by atoms with van der Waals surface area (Å²) in [7, 11) is 1.40. The first kappa shape index (κ1) is 14.8. The van der Waals surface area contributed by atoms with E-state index in [1.165, 1.54) is 7.11 Å². The molecule has 0 saturated heterocycles. The summed E-state index contributed by atoms with van der Waals surface area (Å²) in [5.74, 6) is -1.50. The van der Waals surface area contributed by atoms with Crippen LogP contribution < -0.4 is 5.32 Å². The van der Waals surface area contributed by atoms with Crippen molar-refractivity contribution < 1.29 is 24.7 Å². The molecule has 3 N–H and O–H groups in total. The summed E-state index contributed by atoms with van der Waals surface area (Å²) in [5.41, 5.74) is -0.691. The van der Waals surface area contributed by atoms with Crippen LogP contribution in [-0.2, 0) is 4.74 Å². The third kappa shape index (κ3) is 4.16. The molecule has 104 valence electrons. The average molecular weight is 271 g/mol. The van der Waals surface area contributed by atoms with Crippen LogP contribution in [0.15, 0.2) is 12.1 Å². The smallest absolute Gasteiger partial charge is 0.354 e. The van der Waals surface area contributed by atoms with Gasteiger partial charge in [-0.15, -0.1) is 0 Å². The number of carboxylic acids is 1. The van der Waals surface area contributed by atoms with Crippen LogP contribution in [0.2, 0.25) is 0 Å². The molecular formula is C10H13N3O6. The molecular weight excluding hydrogens is 258 g/mol. The van der Waals surface area contributed by atoms with E-state index in [4.69, 9.17) is 9.84 Å². The molecule has 0 fully saturated rings. The number of rotatable bonds is 7. The first-order chi connectivity index (χ1) is 8.95. The van der Waals surface area contributed by atoms with E-state index in [1.54, 1.807) is 0 Å². The maximum absolute atomic E-state index is 10.8. The van der Waals surface area contributed by atoms with Crippen molar-refractivity contribution >= 4 is 17.5 Å². The molecule has 0 saturated carbocycles. The molecule has 0 aliphatic heterocycles. The molecule has 0 radical (unpaired) electrons. The van der Waals surface area contributed by atoms with Crippen molar-refractivity contribution in [1.29, 1.82) is 0 Å². The number of anilines is 1. The van der Waals surface area contributed by atoms with Crippen molar-refractivity contribution in [3.63, 3.8) is 0 Å². The zero-order chi connectivity index (χ0) is 14.4. The van der Waals surface area contributed by atoms with E-state index in [2.05, 4.69) is 10.3 Å². The second-order valence-corrected chi connectivity index (χ2v) is 3.62. The van der Waals surface area contributed by atoms with Crippen LogP contribution >= 0.6 is 0 Å². The Morgan fingerprint density at radius 1 is 1.63 bits per heavy atom. The maximum atomic E-state index is 10.8. The van der Waals surface area contributed by atoms with Crippen LogP contribution in [0.1, 0.15) is 10.5 Å². The Hall–Kier alpha value is -2.26. The number of ether oxygens (including phenoxy) is 1. The summed E-state index contributed by atoms with van der Waals surface area (Å²) in [6, 6.07) is 2.08. The minimum atomic E-state index is -1.30. The number of methoxy groups -OCH3 is 1. The molecule has 1 aromatic rings. The number of carbonyl (C=O) groups is 1. The van der Waals surface area contributed by atoms with Gasteiger partial charge in [0, 0.05) is 19.7 Å². The van der Waals surface area contributed by atoms with Gasteiger partial charge in [-0.2, -0.15) is 0 Å². The average Bonchev–Trinajstić information content (AvgIpc) is 2.36. The lowest BCUT2D eigenvalue weighted by Crippen LogP contribution is -2.25. The Kier molecular flexibility index (Phi) is 5.15. The summed E-state index contributed by atoms with van der Waals surface area (Å²) < 4.78 is 4.69. The fraction of sp³-hybridized carbons (Fsp3) is 0.400. The summed E-state index contributed by atoms with van der Waals surface area (Å²) in [5, 5.41) is 31.5. The Morgan fingerprint density at radius 3 is 2.84 bits per heavy atom. The first-order valence-electron chi connectivity index (χ1n) is 5.25. The monoisotopic (exact) mass is 271 g/mol. The lowest BCUT2D eigenvalue weighted by Gasteiger charge is -2.11. The second-order valence-electron chi connectivity index (χ2n) is 3.62. The van der Waals surface area contributed by atoms with Crippen molar-refractivity contribution in [3.8, 4) is 0 Å². The number of aromatic carboxylic acids is 1. The first-order valence-corrected chi connectivity index (χ1v) is 5.25. The van der Waals surface area contributed by atoms with Gasteiger partial charge in [0.25, 0.3) is 0 Å². The molecule has 1 atom stereocenters. The van der Waals surface area contributed by atoms with E-state index >= 15 is 0 Å². The minimum absolute atomic E-state index is 0.0411. The molecule has 0 aliphatic carbocycles. The normalized spacial score (nSPS) is 11.9. The van der Waals surface area contributed by atoms with Gasteiger partial charge in [-0.25, -0.2) is 9.78 Å². The van der Waals surface area contributed by atoms with Crippen molar-refractivity contribution in [2.45, 2.75) is 6.10 Å². The van der Waals surface area contributed by atoms with Crippen LogP contribution in [0.4, 0.5) is 11.5 Å². The Labute approximate surface area is 108 Å². The SMILES string of the molecule is COCC(O)CNc1nc(C(=O)O)ccc1[N+](=O)[O-]. The highest BCUT2D eigenvalue weighted by Gasteiger charge is 2.18. The molecule has 0 spiro atoms. The number of aliphatic hydroxyl groups excluding tert-OH is 1. The van der Waals surface area contributed by atoms with Crippen molar-refractivity contribution in [3.05, 3.63) is 27.9 Å². The Morgan fingerprint density at radius 2 is 2.32 bits per heavy atom. The number of pyridine rings is 1. The molecule has 0 amide bonds. The molecule has 0 aliphatic rings. The standard InChI is InChI=1S/C10H13N3O6/c1-19-5-6(14)4-11-9-8(13(17)18)3-2-7(12-9)10(15)16/h2-3,6,14H,4-5H2,1H3,(H,11,12)(H,15,16). The number of nitrogens with zero attached hydrogens (tertiary/aromatic N) is 2. The van der Waals surface area contributed by atoms with E-state index < -0.39 is 17.0 Å². The topological polar surface area (TPSA) is 135 Å². The van der Waals surface area contributed by atoms with E-state index in [0.717, 1.165) is 12.1 Å². The van der Waals surface area contributed by atoms with Crippen molar-refractivity contribution in [1.82, 2.24) is 4.98 Å². The highest BCUT2D eigenvalue weighted by Crippen LogP contribution is 2.22. The van der Waals surface area contributed by atoms with E-state index in [1.807, 2.05) is 0 Å². The lowest BCUT2D eigenvalue weighted by atomic mass is 10.3. The fourth-order valence-electron chi connectivity index (χ4n) is 1.31. The van der Waals surface area contributed by atoms with Gasteiger partial charge >= 0.3 is 11.7 Å². The van der Waals surface area contributed by atoms with Crippen LogP contribution in [0.25, 0.3) is 0 Å². The van der Waals surface area contributed by atoms with Gasteiger partial charge in [0.1, 0.15) is 0 Å². The molecule has 1 heterocycles. The minimum Gasteiger partial charge on any atom is -0.477 e. The molecule has 9 heteroatoms. The largest absolute Gasteiger partial charge is 0.477 e. The van der Waals surface area contributed by atoms with Crippen LogP contribution in [0.5, 0.6) is 0 Å². The lowest BCUT2D eigenvalue weighted by molar-refractivity contribution is -0.384. The molecule has 0 bridgehead atoms. The van der Waals surface area contributed by atoms with E-state index in [9.17, 15) is 20.0 Å². The molecule has 19 heavy (non-hydrogen) atoms. The van der Waals surface area contributed by atoms with Crippen LogP contribution in [-0.4, -0.2) is 52.5 Å². The number of aliphatic hydroxyl groups is 1. The Bertz CT molecular complexity index is 478. The number of hydrogen-bond acceptors (Lipinski definition) is 7. The number of hydrogen-bond donors (Lipinski definition) is 3. The van der Waals surface area contributed by atoms with E-state index in [0.29, 0.717) is 0 Å². The van der Waals surface area contributed by atoms with Gasteiger partial charge < -0.3 is 20.3 Å². The maximum Gasteiger partial charge on any atom is 0.354 e. The second kappa shape index (κ2) is 6.61. The number of nitrogens with one attached hydrogen (secondary N) is 1. The molecule has 1 rings (SSSR count). The number of aromatic nitrogens is 1. The summed E-state index contributed by atoms with van der Waals surface area (Å²) in [4.78, 5) is 24.4. The van der Waals surface area contributed by atoms with Gasteiger partial charge in [0.2, 0.25) is 5.82 Å². The molecule has 1 aromatic heterocycles. The summed E-state index contributed by atoms with van der Waals surface area (Å²) in [6.45, 7) is -0.00975. The third-order valence-electron chi connectivity index (χ3n) is 2.15. The Balaban J connectivity index is 2.91. The third-order valence-corrected chi connectivity index (χ3v) is 2.15. The quantitative estimate of drug-likeness (QED) is 0.469. The van der Waals surface area contributed by atoms with Gasteiger partial charge in [-0.3, -0.25) is 10.1 Å². The van der Waals surface area contributed by atoms with E-state index in [-0.39, 0.29) is 30.4 Å². The molecule has 9 nitrogen and oxygen atoms in total. The molecule has 0 aromatic carbocycles. The number of nitro groups is 1. The highest BCUT2D eigenvalue weighted by molar-refractivity contribution is 5.86. The summed E-state index contributed by atoms with van der Waals surface area (Å²) in [6.07, 6.45) is -0.889. The zero-order valence-corrected chi connectivity index (χ0v) is 10.1. The molecule has 1 unspecified atom stereocenters. The van der Waals surface area contributed by atoms with Crippen LogP contribution in [0, 0.1) is 10.1 Å². The van der Waals surface area contributed by atoms with Gasteiger partial charge in [0.05, 0.1) is 17.6 Å². The highest BCUT2D eigenvalue weighted by atomic mass is 16.6.